The van der Waals surface area contributed by atoms with Gasteiger partial charge in [-0.05, 0) is 70.7 Å². The first-order valence-electron chi connectivity index (χ1n) is 12.0. The van der Waals surface area contributed by atoms with Crippen molar-refractivity contribution < 1.29 is 14.7 Å². The van der Waals surface area contributed by atoms with Gasteiger partial charge >= 0.3 is 5.97 Å². The van der Waals surface area contributed by atoms with Crippen molar-refractivity contribution in [3.05, 3.63) is 56.6 Å². The van der Waals surface area contributed by atoms with Crippen molar-refractivity contribution in [2.45, 2.75) is 59.6 Å². The molecule has 0 bridgehead atoms. The normalized spacial score (nSPS) is 16.9. The minimum Gasteiger partial charge on any atom is -0.476 e. The first-order chi connectivity index (χ1) is 16.8. The smallest absolute Gasteiger partial charge is 0.356 e. The number of carboxylic acids is 1. The number of aryl methyl sites for hydroxylation is 1. The molecule has 0 spiro atoms. The fourth-order valence-corrected chi connectivity index (χ4v) is 4.62. The van der Waals surface area contributed by atoms with Crippen LogP contribution in [0.4, 0.5) is 11.6 Å². The van der Waals surface area contributed by atoms with Crippen LogP contribution in [0.5, 0.6) is 0 Å². The maximum absolute atomic E-state index is 13.8. The maximum Gasteiger partial charge on any atom is 0.356 e. The summed E-state index contributed by atoms with van der Waals surface area (Å²) in [6.07, 6.45) is 1.00. The number of nitrogens with one attached hydrogen (secondary N) is 1. The van der Waals surface area contributed by atoms with Gasteiger partial charge in [0.2, 0.25) is 5.95 Å². The second-order valence-corrected chi connectivity index (χ2v) is 10.9. The fourth-order valence-electron chi connectivity index (χ4n) is 4.47. The molecule has 3 aromatic rings. The Balaban J connectivity index is 1.88. The van der Waals surface area contributed by atoms with Crippen LogP contribution in [-0.2, 0) is 0 Å². The zero-order valence-electron chi connectivity index (χ0n) is 21.4. The maximum atomic E-state index is 13.8. The minimum absolute atomic E-state index is 0.0946. The Morgan fingerprint density at radius 2 is 2.00 bits per heavy atom. The lowest BCUT2D eigenvalue weighted by Gasteiger charge is -2.28. The molecule has 9 nitrogen and oxygen atoms in total. The summed E-state index contributed by atoms with van der Waals surface area (Å²) < 4.78 is 1.33. The molecule has 0 aliphatic carbocycles. The topological polar surface area (TPSA) is 110 Å². The quantitative estimate of drug-likeness (QED) is 0.456. The molecule has 2 unspecified atom stereocenters. The molecule has 0 saturated carbocycles. The molecule has 1 aliphatic rings. The van der Waals surface area contributed by atoms with E-state index in [2.05, 4.69) is 22.1 Å². The molecule has 1 saturated heterocycles. The van der Waals surface area contributed by atoms with Gasteiger partial charge in [0.05, 0.1) is 22.6 Å². The van der Waals surface area contributed by atoms with Crippen molar-refractivity contribution >= 4 is 40.1 Å². The zero-order valence-corrected chi connectivity index (χ0v) is 22.2. The lowest BCUT2D eigenvalue weighted by atomic mass is 10.0. The highest BCUT2D eigenvalue weighted by Crippen LogP contribution is 2.30. The summed E-state index contributed by atoms with van der Waals surface area (Å²) in [6, 6.07) is 6.51. The first kappa shape index (κ1) is 25.8. The van der Waals surface area contributed by atoms with E-state index in [1.54, 1.807) is 6.07 Å². The summed E-state index contributed by atoms with van der Waals surface area (Å²) in [5, 5.41) is 13.3. The highest BCUT2D eigenvalue weighted by Gasteiger charge is 2.28. The fraction of sp³-hybridized carbons (Fsp3) is 0.462. The number of pyridine rings is 1. The molecular weight excluding hydrogens is 482 g/mol. The van der Waals surface area contributed by atoms with Crippen LogP contribution in [0, 0.1) is 12.8 Å². The van der Waals surface area contributed by atoms with Gasteiger partial charge in [0.1, 0.15) is 10.8 Å². The van der Waals surface area contributed by atoms with Crippen LogP contribution in [-0.4, -0.2) is 44.5 Å². The van der Waals surface area contributed by atoms with E-state index >= 15 is 0 Å². The lowest BCUT2D eigenvalue weighted by molar-refractivity contribution is -0.0188. The SMILES string of the molecule is Cc1cc(C(C)Nc2ccc(Cl)nc2C(=O)O)c2nc(N3CCC(C)C3)n(OC(C)(C)C)c(=O)c2c1. The molecule has 192 valence electrons. The van der Waals surface area contributed by atoms with Crippen molar-refractivity contribution in [3.63, 3.8) is 0 Å². The van der Waals surface area contributed by atoms with E-state index < -0.39 is 11.6 Å². The van der Waals surface area contributed by atoms with Crippen molar-refractivity contribution in [1.82, 2.24) is 14.7 Å². The van der Waals surface area contributed by atoms with E-state index in [4.69, 9.17) is 21.4 Å². The average Bonchev–Trinajstić information content (AvgIpc) is 3.21. The van der Waals surface area contributed by atoms with E-state index in [1.807, 2.05) is 46.8 Å². The predicted molar refractivity (Wildman–Crippen MR) is 141 cm³/mol. The highest BCUT2D eigenvalue weighted by molar-refractivity contribution is 6.29. The molecule has 2 N–H and O–H groups in total. The van der Waals surface area contributed by atoms with Gasteiger partial charge in [-0.3, -0.25) is 4.79 Å². The Hall–Kier alpha value is -3.33. The van der Waals surface area contributed by atoms with Gasteiger partial charge in [-0.1, -0.05) is 24.6 Å². The van der Waals surface area contributed by atoms with Crippen molar-refractivity contribution in [2.24, 2.45) is 5.92 Å². The van der Waals surface area contributed by atoms with Gasteiger partial charge in [0.15, 0.2) is 5.69 Å². The van der Waals surface area contributed by atoms with Gasteiger partial charge in [-0.15, -0.1) is 4.73 Å². The van der Waals surface area contributed by atoms with Gasteiger partial charge in [0.25, 0.3) is 5.56 Å². The molecule has 36 heavy (non-hydrogen) atoms. The highest BCUT2D eigenvalue weighted by atomic mass is 35.5. The van der Waals surface area contributed by atoms with Crippen molar-refractivity contribution in [1.29, 1.82) is 0 Å². The van der Waals surface area contributed by atoms with E-state index in [-0.39, 0.29) is 22.4 Å². The Morgan fingerprint density at radius 1 is 1.28 bits per heavy atom. The number of hydrogen-bond donors (Lipinski definition) is 2. The molecule has 1 aliphatic heterocycles. The Morgan fingerprint density at radius 3 is 2.61 bits per heavy atom. The van der Waals surface area contributed by atoms with Crippen molar-refractivity contribution in [2.75, 3.05) is 23.3 Å². The molecular formula is C26H32ClN5O4. The third-order valence-corrected chi connectivity index (χ3v) is 6.28. The number of carboxylic acid groups (broad SMARTS) is 1. The van der Waals surface area contributed by atoms with Crippen LogP contribution < -0.4 is 20.6 Å². The number of carbonyl (C=O) groups is 1. The molecule has 0 amide bonds. The summed E-state index contributed by atoms with van der Waals surface area (Å²) in [5.41, 5.74) is 1.47. The summed E-state index contributed by atoms with van der Waals surface area (Å²) in [4.78, 5) is 42.6. The summed E-state index contributed by atoms with van der Waals surface area (Å²) in [5.74, 6) is -0.235. The number of anilines is 2. The third kappa shape index (κ3) is 5.26. The number of nitrogens with zero attached hydrogens (tertiary/aromatic N) is 4. The number of fused-ring (bicyclic) bond motifs is 1. The molecule has 0 radical (unpaired) electrons. The number of rotatable bonds is 6. The second kappa shape index (κ2) is 9.61. The molecule has 1 aromatic carbocycles. The van der Waals surface area contributed by atoms with E-state index in [1.165, 1.54) is 10.8 Å². The van der Waals surface area contributed by atoms with Crippen molar-refractivity contribution in [3.8, 4) is 0 Å². The summed E-state index contributed by atoms with van der Waals surface area (Å²) in [6.45, 7) is 13.2. The summed E-state index contributed by atoms with van der Waals surface area (Å²) >= 11 is 5.92. The van der Waals surface area contributed by atoms with Gasteiger partial charge in [0, 0.05) is 18.7 Å². The van der Waals surface area contributed by atoms with Crippen LogP contribution in [0.3, 0.4) is 0 Å². The Labute approximate surface area is 215 Å². The van der Waals surface area contributed by atoms with Crippen LogP contribution in [0.25, 0.3) is 10.9 Å². The second-order valence-electron chi connectivity index (χ2n) is 10.5. The van der Waals surface area contributed by atoms with Crippen LogP contribution in [0.1, 0.15) is 68.7 Å². The Kier molecular flexibility index (Phi) is 6.88. The number of benzene rings is 1. The zero-order chi connectivity index (χ0) is 26.4. The average molecular weight is 514 g/mol. The lowest BCUT2D eigenvalue weighted by Crippen LogP contribution is -2.42. The molecule has 4 rings (SSSR count). The number of hydrogen-bond acceptors (Lipinski definition) is 7. The largest absolute Gasteiger partial charge is 0.476 e. The predicted octanol–water partition coefficient (Wildman–Crippen LogP) is 4.70. The van der Waals surface area contributed by atoms with E-state index in [0.29, 0.717) is 28.5 Å². The van der Waals surface area contributed by atoms with Crippen LogP contribution >= 0.6 is 11.6 Å². The third-order valence-electron chi connectivity index (χ3n) is 6.07. The summed E-state index contributed by atoms with van der Waals surface area (Å²) in [7, 11) is 0. The molecule has 3 heterocycles. The van der Waals surface area contributed by atoms with Gasteiger partial charge in [-0.25, -0.2) is 14.8 Å². The van der Waals surface area contributed by atoms with E-state index in [9.17, 15) is 14.7 Å². The molecule has 2 aromatic heterocycles. The van der Waals surface area contributed by atoms with E-state index in [0.717, 1.165) is 30.6 Å². The number of aromatic carboxylic acids is 1. The minimum atomic E-state index is -1.19. The standard InChI is InChI=1S/C26H32ClN5O4/c1-14-9-10-31(13-14)25-30-21-17(16(3)28-19-7-8-20(27)29-22(19)24(34)35)11-15(2)12-18(21)23(33)32(25)36-26(4,5)6/h7-8,11-12,14,16,28H,9-10,13H2,1-6H3,(H,34,35). The first-order valence-corrected chi connectivity index (χ1v) is 12.4. The van der Waals surface area contributed by atoms with Crippen LogP contribution in [0.2, 0.25) is 5.15 Å². The van der Waals surface area contributed by atoms with Crippen LogP contribution in [0.15, 0.2) is 29.1 Å². The molecule has 10 heteroatoms. The molecule has 1 fully saturated rings. The number of halogens is 1. The van der Waals surface area contributed by atoms with Gasteiger partial charge < -0.3 is 20.2 Å². The molecule has 2 atom stereocenters. The van der Waals surface area contributed by atoms with Gasteiger partial charge in [-0.2, -0.15) is 0 Å². The number of aromatic nitrogens is 3. The Bertz CT molecular complexity index is 1380. The monoisotopic (exact) mass is 513 g/mol.